The van der Waals surface area contributed by atoms with Crippen molar-refractivity contribution in [1.29, 1.82) is 0 Å². The maximum absolute atomic E-state index is 13.9. The third-order valence-corrected chi connectivity index (χ3v) is 3.62. The maximum Gasteiger partial charge on any atom is 0.328 e. The Kier molecular flexibility index (Phi) is 4.49. The zero-order valence-electron chi connectivity index (χ0n) is 11.1. The molecule has 1 aromatic heterocycles. The van der Waals surface area contributed by atoms with E-state index in [9.17, 15) is 14.0 Å². The highest BCUT2D eigenvalue weighted by molar-refractivity contribution is 7.14. The van der Waals surface area contributed by atoms with Crippen molar-refractivity contribution in [3.63, 3.8) is 0 Å². The highest BCUT2D eigenvalue weighted by Gasteiger charge is 2.11. The predicted molar refractivity (Wildman–Crippen MR) is 80.1 cm³/mol. The van der Waals surface area contributed by atoms with Gasteiger partial charge in [0.1, 0.15) is 5.82 Å². The number of thiophene rings is 1. The molecule has 6 heteroatoms. The molecule has 0 saturated heterocycles. The predicted octanol–water partition coefficient (Wildman–Crippen LogP) is 3.55. The minimum Gasteiger partial charge on any atom is -0.478 e. The van der Waals surface area contributed by atoms with Crippen molar-refractivity contribution in [3.05, 3.63) is 57.5 Å². The molecule has 0 atom stereocenters. The van der Waals surface area contributed by atoms with E-state index in [4.69, 9.17) is 5.11 Å². The average Bonchev–Trinajstić information content (AvgIpc) is 2.86. The van der Waals surface area contributed by atoms with E-state index in [0.717, 1.165) is 17.0 Å². The van der Waals surface area contributed by atoms with Crippen molar-refractivity contribution in [3.8, 4) is 0 Å². The van der Waals surface area contributed by atoms with Gasteiger partial charge in [-0.3, -0.25) is 4.79 Å². The second-order valence-electron chi connectivity index (χ2n) is 4.28. The Labute approximate surface area is 124 Å². The first kappa shape index (κ1) is 14.9. The lowest BCUT2D eigenvalue weighted by atomic mass is 10.2. The summed E-state index contributed by atoms with van der Waals surface area (Å²) in [6.45, 7) is 1.88. The lowest BCUT2D eigenvalue weighted by molar-refractivity contribution is -0.131. The van der Waals surface area contributed by atoms with Crippen molar-refractivity contribution in [2.45, 2.75) is 6.92 Å². The van der Waals surface area contributed by atoms with Crippen LogP contribution in [0.5, 0.6) is 0 Å². The normalized spacial score (nSPS) is 10.8. The maximum atomic E-state index is 13.9. The molecule has 0 aliphatic heterocycles. The molecule has 1 amide bonds. The summed E-state index contributed by atoms with van der Waals surface area (Å²) in [6.07, 6.45) is 2.20. The summed E-state index contributed by atoms with van der Waals surface area (Å²) in [6, 6.07) is 7.58. The fourth-order valence-corrected chi connectivity index (χ4v) is 2.41. The van der Waals surface area contributed by atoms with Crippen molar-refractivity contribution in [1.82, 2.24) is 0 Å². The molecular weight excluding hydrogens is 293 g/mol. The highest BCUT2D eigenvalue weighted by atomic mass is 32.1. The summed E-state index contributed by atoms with van der Waals surface area (Å²) in [7, 11) is 0. The number of amides is 1. The van der Waals surface area contributed by atoms with Gasteiger partial charge in [0.05, 0.1) is 10.6 Å². The van der Waals surface area contributed by atoms with Gasteiger partial charge in [0.2, 0.25) is 0 Å². The molecule has 0 aliphatic carbocycles. The van der Waals surface area contributed by atoms with Gasteiger partial charge in [0.25, 0.3) is 5.91 Å². The molecule has 0 unspecified atom stereocenters. The number of benzene rings is 1. The lowest BCUT2D eigenvalue weighted by Gasteiger charge is -2.05. The van der Waals surface area contributed by atoms with E-state index in [-0.39, 0.29) is 11.6 Å². The Balaban J connectivity index is 2.14. The van der Waals surface area contributed by atoms with Crippen molar-refractivity contribution < 1.29 is 19.1 Å². The number of carboxylic acid groups (broad SMARTS) is 1. The van der Waals surface area contributed by atoms with Crippen LogP contribution in [0.15, 0.2) is 36.4 Å². The first-order chi connectivity index (χ1) is 9.95. The molecule has 2 rings (SSSR count). The first-order valence-corrected chi connectivity index (χ1v) is 6.85. The molecule has 0 bridgehead atoms. The quantitative estimate of drug-likeness (QED) is 0.849. The summed E-state index contributed by atoms with van der Waals surface area (Å²) in [5.41, 5.74) is 0.457. The monoisotopic (exact) mass is 305 g/mol. The molecule has 108 valence electrons. The van der Waals surface area contributed by atoms with Gasteiger partial charge in [-0.05, 0) is 42.8 Å². The summed E-state index contributed by atoms with van der Waals surface area (Å²) in [4.78, 5) is 23.8. The molecule has 4 nitrogen and oxygen atoms in total. The molecule has 2 N–H and O–H groups in total. The molecule has 0 aliphatic rings. The Morgan fingerprint density at radius 1 is 1.29 bits per heavy atom. The number of carbonyl (C=O) groups is 2. The smallest absolute Gasteiger partial charge is 0.328 e. The molecule has 2 aromatic rings. The second-order valence-corrected chi connectivity index (χ2v) is 5.56. The fourth-order valence-electron chi connectivity index (χ4n) is 1.64. The zero-order valence-corrected chi connectivity index (χ0v) is 11.9. The number of aliphatic carboxylic acids is 1. The van der Waals surface area contributed by atoms with Crippen LogP contribution in [0.1, 0.15) is 20.1 Å². The van der Waals surface area contributed by atoms with Crippen LogP contribution in [0, 0.1) is 12.7 Å². The minimum atomic E-state index is -1.11. The Morgan fingerprint density at radius 3 is 2.62 bits per heavy atom. The molecule has 0 radical (unpaired) electrons. The number of carboxylic acids is 1. The average molecular weight is 305 g/mol. The van der Waals surface area contributed by atoms with Gasteiger partial charge < -0.3 is 10.4 Å². The summed E-state index contributed by atoms with van der Waals surface area (Å²) >= 11 is 1.32. The molecule has 0 fully saturated rings. The van der Waals surface area contributed by atoms with E-state index in [2.05, 4.69) is 5.32 Å². The van der Waals surface area contributed by atoms with Crippen molar-refractivity contribution in [2.75, 3.05) is 5.32 Å². The lowest BCUT2D eigenvalue weighted by Crippen LogP contribution is -2.11. The van der Waals surface area contributed by atoms with E-state index in [1.807, 2.05) is 13.0 Å². The third-order valence-electron chi connectivity index (χ3n) is 2.62. The van der Waals surface area contributed by atoms with Crippen LogP contribution in [0.3, 0.4) is 0 Å². The second kappa shape index (κ2) is 6.32. The third kappa shape index (κ3) is 4.00. The molecule has 0 saturated carbocycles. The van der Waals surface area contributed by atoms with E-state index < -0.39 is 11.8 Å². The number of hydrogen-bond donors (Lipinski definition) is 2. The van der Waals surface area contributed by atoms with Gasteiger partial charge in [-0.1, -0.05) is 6.07 Å². The van der Waals surface area contributed by atoms with Gasteiger partial charge >= 0.3 is 5.97 Å². The van der Waals surface area contributed by atoms with Crippen molar-refractivity contribution in [2.24, 2.45) is 0 Å². The highest BCUT2D eigenvalue weighted by Crippen LogP contribution is 2.20. The zero-order chi connectivity index (χ0) is 15.4. The number of rotatable bonds is 4. The van der Waals surface area contributed by atoms with Crippen molar-refractivity contribution >= 4 is 35.0 Å². The van der Waals surface area contributed by atoms with Crippen LogP contribution < -0.4 is 5.32 Å². The van der Waals surface area contributed by atoms with Gasteiger partial charge in [-0.25, -0.2) is 9.18 Å². The molecule has 0 spiro atoms. The van der Waals surface area contributed by atoms with E-state index >= 15 is 0 Å². The first-order valence-electron chi connectivity index (χ1n) is 6.04. The molecular formula is C15H12FNO3S. The van der Waals surface area contributed by atoms with Gasteiger partial charge in [0, 0.05) is 11.0 Å². The van der Waals surface area contributed by atoms with Gasteiger partial charge in [0.15, 0.2) is 0 Å². The van der Waals surface area contributed by atoms with E-state index in [0.29, 0.717) is 10.4 Å². The number of halogens is 1. The Hall–Kier alpha value is -2.47. The molecule has 1 heterocycles. The topological polar surface area (TPSA) is 66.4 Å². The van der Waals surface area contributed by atoms with Crippen LogP contribution >= 0.6 is 11.3 Å². The Morgan fingerprint density at radius 2 is 2.05 bits per heavy atom. The van der Waals surface area contributed by atoms with Gasteiger partial charge in [-0.2, -0.15) is 0 Å². The van der Waals surface area contributed by atoms with Crippen LogP contribution in [-0.2, 0) is 4.79 Å². The summed E-state index contributed by atoms with van der Waals surface area (Å²) in [5, 5.41) is 11.0. The summed E-state index contributed by atoms with van der Waals surface area (Å²) in [5.74, 6) is -2.11. The number of anilines is 1. The number of hydrogen-bond acceptors (Lipinski definition) is 3. The van der Waals surface area contributed by atoms with Crippen LogP contribution in [0.4, 0.5) is 10.1 Å². The minimum absolute atomic E-state index is 0.0542. The number of nitrogens with one attached hydrogen (secondary N) is 1. The largest absolute Gasteiger partial charge is 0.478 e. The number of carbonyl (C=O) groups excluding carboxylic acids is 1. The summed E-state index contributed by atoms with van der Waals surface area (Å²) < 4.78 is 13.9. The Bertz CT molecular complexity index is 721. The number of aryl methyl sites for hydroxylation is 1. The fraction of sp³-hybridized carbons (Fsp3) is 0.0667. The van der Waals surface area contributed by atoms with Crippen LogP contribution in [0.2, 0.25) is 0 Å². The molecule has 21 heavy (non-hydrogen) atoms. The van der Waals surface area contributed by atoms with Crippen LogP contribution in [0.25, 0.3) is 6.08 Å². The van der Waals surface area contributed by atoms with Crippen LogP contribution in [-0.4, -0.2) is 17.0 Å². The van der Waals surface area contributed by atoms with E-state index in [1.54, 1.807) is 6.07 Å². The van der Waals surface area contributed by atoms with Gasteiger partial charge in [-0.15, -0.1) is 11.3 Å². The standard InChI is InChI=1S/C15H12FNO3S/c1-9-2-6-13(21-9)15(20)17-12-5-3-10(8-11(12)16)4-7-14(18)19/h2-8H,1H3,(H,17,20)(H,18,19). The SMILES string of the molecule is Cc1ccc(C(=O)Nc2ccc(C=CC(=O)O)cc2F)s1. The van der Waals surface area contributed by atoms with E-state index in [1.165, 1.54) is 29.5 Å². The molecule has 1 aromatic carbocycles.